The molecule has 0 fully saturated rings. The third-order valence-electron chi connectivity index (χ3n) is 5.04. The molecule has 0 spiro atoms. The van der Waals surface area contributed by atoms with Crippen LogP contribution in [0.2, 0.25) is 0 Å². The van der Waals surface area contributed by atoms with Crippen molar-refractivity contribution in [1.29, 1.82) is 0 Å². The molecule has 0 aliphatic carbocycles. The minimum atomic E-state index is -0.0573. The highest BCUT2D eigenvalue weighted by molar-refractivity contribution is 7.99. The third-order valence-corrected chi connectivity index (χ3v) is 6.41. The van der Waals surface area contributed by atoms with Gasteiger partial charge in [-0.3, -0.25) is 0 Å². The van der Waals surface area contributed by atoms with Crippen LogP contribution in [0.3, 0.4) is 0 Å². The van der Waals surface area contributed by atoms with Crippen molar-refractivity contribution in [1.82, 2.24) is 0 Å². The summed E-state index contributed by atoms with van der Waals surface area (Å²) in [6.07, 6.45) is 0. The Morgan fingerprint density at radius 3 is 2.19 bits per heavy atom. The normalized spacial score (nSPS) is 23.6. The maximum absolute atomic E-state index is 9.69. The topological polar surface area (TPSA) is 40.5 Å². The Balaban J connectivity index is 2.13. The third kappa shape index (κ3) is 2.11. The second-order valence-electron chi connectivity index (χ2n) is 6.47. The van der Waals surface area contributed by atoms with E-state index in [1.54, 1.807) is 30.0 Å². The van der Waals surface area contributed by atoms with E-state index in [4.69, 9.17) is 0 Å². The van der Waals surface area contributed by atoms with Gasteiger partial charge in [0.15, 0.2) is 0 Å². The maximum atomic E-state index is 9.69. The number of rotatable bonds is 1. The van der Waals surface area contributed by atoms with Crippen LogP contribution in [0.15, 0.2) is 47.4 Å². The summed E-state index contributed by atoms with van der Waals surface area (Å²) in [5, 5.41) is 19.2. The second-order valence-corrected chi connectivity index (χ2v) is 7.49. The first kappa shape index (κ1) is 14.3. The number of phenols is 2. The second kappa shape index (κ2) is 4.70. The monoisotopic (exact) mass is 300 g/mol. The maximum Gasteiger partial charge on any atom is 0.116 e. The number of fused-ring (bicyclic) bond motifs is 1. The smallest absolute Gasteiger partial charge is 0.116 e. The lowest BCUT2D eigenvalue weighted by atomic mass is 9.60. The molecule has 0 unspecified atom stereocenters. The number of benzene rings is 2. The van der Waals surface area contributed by atoms with Gasteiger partial charge < -0.3 is 10.2 Å². The Bertz CT molecular complexity index is 676. The lowest BCUT2D eigenvalue weighted by molar-refractivity contribution is 0.298. The van der Waals surface area contributed by atoms with Gasteiger partial charge in [-0.25, -0.2) is 0 Å². The van der Waals surface area contributed by atoms with Crippen LogP contribution in [0, 0.1) is 0 Å². The predicted octanol–water partition coefficient (Wildman–Crippen LogP) is 4.44. The van der Waals surface area contributed by atoms with Crippen molar-refractivity contribution in [2.24, 2.45) is 0 Å². The van der Waals surface area contributed by atoms with Gasteiger partial charge in [0.1, 0.15) is 11.5 Å². The first-order valence-electron chi connectivity index (χ1n) is 7.10. The fraction of sp³-hybridized carbons (Fsp3) is 0.333. The van der Waals surface area contributed by atoms with Gasteiger partial charge in [0.2, 0.25) is 0 Å². The van der Waals surface area contributed by atoms with Crippen LogP contribution in [0.5, 0.6) is 11.5 Å². The highest BCUT2D eigenvalue weighted by Gasteiger charge is 2.47. The highest BCUT2D eigenvalue weighted by atomic mass is 32.2. The molecule has 1 aliphatic heterocycles. The molecule has 1 aliphatic rings. The number of thioether (sulfide) groups is 1. The minimum Gasteiger partial charge on any atom is -0.508 e. The number of hydrogen-bond acceptors (Lipinski definition) is 3. The molecular formula is C18H20O2S. The average molecular weight is 300 g/mol. The van der Waals surface area contributed by atoms with Gasteiger partial charge >= 0.3 is 0 Å². The molecule has 0 bridgehead atoms. The zero-order chi connectivity index (χ0) is 15.3. The first-order valence-corrected chi connectivity index (χ1v) is 8.09. The Morgan fingerprint density at radius 1 is 0.905 bits per heavy atom. The van der Waals surface area contributed by atoms with Crippen molar-refractivity contribution in [3.05, 3.63) is 53.6 Å². The van der Waals surface area contributed by atoms with Crippen LogP contribution >= 0.6 is 11.8 Å². The molecule has 3 rings (SSSR count). The first-order chi connectivity index (χ1) is 9.84. The standard InChI is InChI=1S/C18H20O2S/c1-17(2)15-9-8-14(20)10-16(15)21-11-18(17,3)12-4-6-13(19)7-5-12/h4-10,19-20H,11H2,1-3H3/t18-/m0/s1. The Labute approximate surface area is 129 Å². The summed E-state index contributed by atoms with van der Waals surface area (Å²) < 4.78 is 0. The molecule has 3 heteroatoms. The SMILES string of the molecule is CC1(C)c2ccc(O)cc2SC[C@@]1(C)c1ccc(O)cc1. The van der Waals surface area contributed by atoms with Gasteiger partial charge in [-0.05, 0) is 35.4 Å². The molecule has 0 saturated heterocycles. The summed E-state index contributed by atoms with van der Waals surface area (Å²) in [4.78, 5) is 1.16. The summed E-state index contributed by atoms with van der Waals surface area (Å²) in [5.74, 6) is 1.57. The van der Waals surface area contributed by atoms with E-state index in [1.165, 1.54) is 11.1 Å². The van der Waals surface area contributed by atoms with Crippen LogP contribution in [0.4, 0.5) is 0 Å². The van der Waals surface area contributed by atoms with E-state index in [0.717, 1.165) is 10.6 Å². The van der Waals surface area contributed by atoms with Gasteiger partial charge in [-0.1, -0.05) is 39.0 Å². The Kier molecular flexibility index (Phi) is 3.21. The van der Waals surface area contributed by atoms with Crippen molar-refractivity contribution in [2.75, 3.05) is 5.75 Å². The van der Waals surface area contributed by atoms with E-state index >= 15 is 0 Å². The fourth-order valence-corrected chi connectivity index (χ4v) is 4.77. The summed E-state index contributed by atoms with van der Waals surface area (Å²) in [7, 11) is 0. The van der Waals surface area contributed by atoms with E-state index < -0.39 is 0 Å². The van der Waals surface area contributed by atoms with E-state index in [1.807, 2.05) is 24.3 Å². The van der Waals surface area contributed by atoms with Gasteiger partial charge in [-0.2, -0.15) is 0 Å². The molecule has 1 heterocycles. The molecule has 1 atom stereocenters. The van der Waals surface area contributed by atoms with Crippen molar-refractivity contribution < 1.29 is 10.2 Å². The zero-order valence-electron chi connectivity index (χ0n) is 12.6. The molecule has 2 aromatic carbocycles. The molecule has 110 valence electrons. The van der Waals surface area contributed by atoms with Gasteiger partial charge in [0, 0.05) is 21.5 Å². The predicted molar refractivity (Wildman–Crippen MR) is 87.3 cm³/mol. The van der Waals surface area contributed by atoms with E-state index in [-0.39, 0.29) is 10.8 Å². The molecular weight excluding hydrogens is 280 g/mol. The van der Waals surface area contributed by atoms with Crippen molar-refractivity contribution in [3.8, 4) is 11.5 Å². The summed E-state index contributed by atoms with van der Waals surface area (Å²) >= 11 is 1.79. The van der Waals surface area contributed by atoms with Gasteiger partial charge in [0.05, 0.1) is 0 Å². The van der Waals surface area contributed by atoms with Gasteiger partial charge in [-0.15, -0.1) is 11.8 Å². The van der Waals surface area contributed by atoms with Crippen LogP contribution in [0.25, 0.3) is 0 Å². The minimum absolute atomic E-state index is 0.0324. The van der Waals surface area contributed by atoms with Gasteiger partial charge in [0.25, 0.3) is 0 Å². The van der Waals surface area contributed by atoms with Crippen molar-refractivity contribution in [2.45, 2.75) is 36.5 Å². The van der Waals surface area contributed by atoms with Crippen LogP contribution in [-0.2, 0) is 10.8 Å². The average Bonchev–Trinajstić information content (AvgIpc) is 2.44. The Hall–Kier alpha value is -1.61. The quantitative estimate of drug-likeness (QED) is 0.818. The molecule has 2 N–H and O–H groups in total. The number of hydrogen-bond donors (Lipinski definition) is 2. The fourth-order valence-electron chi connectivity index (χ4n) is 3.12. The summed E-state index contributed by atoms with van der Waals surface area (Å²) in [6.45, 7) is 6.80. The van der Waals surface area contributed by atoms with Crippen LogP contribution < -0.4 is 0 Å². The van der Waals surface area contributed by atoms with Crippen molar-refractivity contribution >= 4 is 11.8 Å². The molecule has 0 aromatic heterocycles. The van der Waals surface area contributed by atoms with E-state index in [0.29, 0.717) is 11.5 Å². The lowest BCUT2D eigenvalue weighted by Crippen LogP contribution is -2.47. The van der Waals surface area contributed by atoms with Crippen LogP contribution in [-0.4, -0.2) is 16.0 Å². The van der Waals surface area contributed by atoms with Crippen molar-refractivity contribution in [3.63, 3.8) is 0 Å². The highest BCUT2D eigenvalue weighted by Crippen LogP contribution is 2.53. The zero-order valence-corrected chi connectivity index (χ0v) is 13.4. The lowest BCUT2D eigenvalue weighted by Gasteiger charge is -2.49. The van der Waals surface area contributed by atoms with E-state index in [9.17, 15) is 10.2 Å². The molecule has 0 radical (unpaired) electrons. The molecule has 0 saturated carbocycles. The molecule has 21 heavy (non-hydrogen) atoms. The Morgan fingerprint density at radius 2 is 1.52 bits per heavy atom. The number of phenolic OH excluding ortho intramolecular Hbond substituents is 2. The summed E-state index contributed by atoms with van der Waals surface area (Å²) in [6, 6.07) is 13.2. The van der Waals surface area contributed by atoms with Crippen LogP contribution in [0.1, 0.15) is 31.9 Å². The molecule has 2 aromatic rings. The molecule has 2 nitrogen and oxygen atoms in total. The summed E-state index contributed by atoms with van der Waals surface area (Å²) in [5.41, 5.74) is 2.41. The van der Waals surface area contributed by atoms with E-state index in [2.05, 4.69) is 20.8 Å². The number of aromatic hydroxyl groups is 2. The molecule has 0 amide bonds. The largest absolute Gasteiger partial charge is 0.508 e.